The first-order valence-corrected chi connectivity index (χ1v) is 19.3. The minimum atomic E-state index is -4.98. The van der Waals surface area contributed by atoms with Gasteiger partial charge in [0.05, 0.1) is 26.4 Å². The minimum Gasteiger partial charge on any atom is -0.406 e. The van der Waals surface area contributed by atoms with Crippen molar-refractivity contribution in [2.24, 2.45) is 0 Å². The Labute approximate surface area is 261 Å². The van der Waals surface area contributed by atoms with Crippen LogP contribution in [0.3, 0.4) is 0 Å². The average Bonchev–Trinajstić information content (AvgIpc) is 3.04. The minimum absolute atomic E-state index is 0.0746. The zero-order valence-electron chi connectivity index (χ0n) is 25.7. The van der Waals surface area contributed by atoms with E-state index in [1.54, 1.807) is 0 Å². The van der Waals surface area contributed by atoms with Crippen molar-refractivity contribution >= 4 is 16.1 Å². The number of hydrogen-bond acceptors (Lipinski definition) is 7. The molecule has 0 bridgehead atoms. The summed E-state index contributed by atoms with van der Waals surface area (Å²) in [6.45, 7) is 7.16. The highest BCUT2D eigenvalue weighted by Gasteiger charge is 2.52. The highest BCUT2D eigenvalue weighted by Crippen LogP contribution is 2.43. The largest absolute Gasteiger partial charge is 0.472 e. The smallest absolute Gasteiger partial charge is 0.406 e. The molecule has 9 nitrogen and oxygen atoms in total. The molecule has 0 radical (unpaired) electrons. The lowest BCUT2D eigenvalue weighted by Gasteiger charge is -2.48. The van der Waals surface area contributed by atoms with Crippen molar-refractivity contribution in [1.29, 1.82) is 0 Å². The molecule has 5 atom stereocenters. The molecule has 0 saturated carbocycles. The highest BCUT2D eigenvalue weighted by molar-refractivity contribution is 7.46. The lowest BCUT2D eigenvalue weighted by atomic mass is 9.98. The fourth-order valence-electron chi connectivity index (χ4n) is 5.44. The quantitative estimate of drug-likeness (QED) is 0.124. The Morgan fingerprint density at radius 3 is 1.59 bits per heavy atom. The zero-order chi connectivity index (χ0) is 31.4. The summed E-state index contributed by atoms with van der Waals surface area (Å²) >= 11 is 0. The van der Waals surface area contributed by atoms with E-state index in [2.05, 4.69) is 20.8 Å². The summed E-state index contributed by atoms with van der Waals surface area (Å²) in [6, 6.07) is 31.7. The van der Waals surface area contributed by atoms with E-state index in [1.165, 1.54) is 0 Å². The number of ether oxygens (including phenoxy) is 4. The summed E-state index contributed by atoms with van der Waals surface area (Å²) in [4.78, 5) is 19.9. The molecule has 0 aliphatic carbocycles. The van der Waals surface area contributed by atoms with Crippen LogP contribution in [0.25, 0.3) is 0 Å². The maximum Gasteiger partial charge on any atom is 0.472 e. The van der Waals surface area contributed by atoms with Crippen molar-refractivity contribution in [3.63, 3.8) is 0 Å². The third-order valence-electron chi connectivity index (χ3n) is 8.12. The Bertz CT molecular complexity index is 1270. The maximum atomic E-state index is 12.2. The van der Waals surface area contributed by atoms with Crippen molar-refractivity contribution in [3.8, 4) is 0 Å². The van der Waals surface area contributed by atoms with Gasteiger partial charge in [-0.2, -0.15) is 0 Å². The van der Waals surface area contributed by atoms with E-state index in [4.69, 9.17) is 27.9 Å². The van der Waals surface area contributed by atoms with Gasteiger partial charge < -0.3 is 33.2 Å². The van der Waals surface area contributed by atoms with Crippen LogP contribution >= 0.6 is 7.82 Å². The fourth-order valence-corrected chi connectivity index (χ4v) is 8.70. The Kier molecular flexibility index (Phi) is 13.3. The summed E-state index contributed by atoms with van der Waals surface area (Å²) in [5, 5.41) is 0. The number of benzene rings is 3. The molecule has 44 heavy (non-hydrogen) atoms. The molecule has 0 amide bonds. The molecular weight excluding hydrogens is 599 g/mol. The first kappa shape index (κ1) is 34.7. The first-order valence-electron chi connectivity index (χ1n) is 15.3. The van der Waals surface area contributed by atoms with Crippen LogP contribution < -0.4 is 0 Å². The van der Waals surface area contributed by atoms with Gasteiger partial charge in [-0.15, -0.1) is 0 Å². The van der Waals surface area contributed by atoms with Gasteiger partial charge in [0.25, 0.3) is 0 Å². The van der Waals surface area contributed by atoms with E-state index in [0.717, 1.165) is 34.8 Å². The van der Waals surface area contributed by atoms with E-state index in [9.17, 15) is 14.4 Å². The topological polar surface area (TPSA) is 113 Å². The maximum absolute atomic E-state index is 12.2. The van der Waals surface area contributed by atoms with Crippen molar-refractivity contribution in [3.05, 3.63) is 108 Å². The Balaban J connectivity index is 1.70. The van der Waals surface area contributed by atoms with Crippen LogP contribution in [0.4, 0.5) is 0 Å². The van der Waals surface area contributed by atoms with E-state index in [1.807, 2.05) is 91.0 Å². The SMILES string of the molecule is CC[Si](CC)(CC)O[C@H]1[C@@H](OP(=O)(O)O)O[C@H](COCc2ccccc2)[C@@H](OCc2ccccc2)[C@@H]1OCc1ccccc1. The predicted octanol–water partition coefficient (Wildman–Crippen LogP) is 6.60. The molecular formula is C33H45O9PSi. The molecule has 0 spiro atoms. The van der Waals surface area contributed by atoms with Crippen molar-refractivity contribution in [2.45, 2.75) is 89.4 Å². The lowest BCUT2D eigenvalue weighted by molar-refractivity contribution is -0.298. The molecule has 240 valence electrons. The third-order valence-corrected chi connectivity index (χ3v) is 13.2. The van der Waals surface area contributed by atoms with Crippen LogP contribution in [0.2, 0.25) is 18.1 Å². The van der Waals surface area contributed by atoms with Crippen molar-refractivity contribution in [2.75, 3.05) is 6.61 Å². The van der Waals surface area contributed by atoms with Crippen LogP contribution in [-0.2, 0) is 52.3 Å². The van der Waals surface area contributed by atoms with E-state index < -0.39 is 46.8 Å². The molecule has 1 heterocycles. The van der Waals surface area contributed by atoms with Gasteiger partial charge in [-0.1, -0.05) is 112 Å². The van der Waals surface area contributed by atoms with Crippen LogP contribution in [0, 0.1) is 0 Å². The summed E-state index contributed by atoms with van der Waals surface area (Å²) in [6.07, 6.45) is -4.63. The van der Waals surface area contributed by atoms with Crippen molar-refractivity contribution in [1.82, 2.24) is 0 Å². The van der Waals surface area contributed by atoms with E-state index >= 15 is 0 Å². The summed E-state index contributed by atoms with van der Waals surface area (Å²) in [5.41, 5.74) is 2.88. The molecule has 1 saturated heterocycles. The van der Waals surface area contributed by atoms with Crippen LogP contribution in [0.1, 0.15) is 37.5 Å². The van der Waals surface area contributed by atoms with Gasteiger partial charge in [-0.25, -0.2) is 4.57 Å². The molecule has 1 aliphatic heterocycles. The van der Waals surface area contributed by atoms with Crippen LogP contribution in [0.5, 0.6) is 0 Å². The molecule has 0 aromatic heterocycles. The van der Waals surface area contributed by atoms with E-state index in [0.29, 0.717) is 6.61 Å². The van der Waals surface area contributed by atoms with Gasteiger partial charge in [0.15, 0.2) is 14.6 Å². The van der Waals surface area contributed by atoms with Gasteiger partial charge in [-0.3, -0.25) is 4.52 Å². The Morgan fingerprint density at radius 2 is 1.14 bits per heavy atom. The third kappa shape index (κ3) is 10.2. The van der Waals surface area contributed by atoms with Gasteiger partial charge >= 0.3 is 7.82 Å². The summed E-state index contributed by atoms with van der Waals surface area (Å²) < 4.78 is 50.0. The molecule has 1 aliphatic rings. The monoisotopic (exact) mass is 644 g/mol. The fraction of sp³-hybridized carbons (Fsp3) is 0.455. The molecule has 0 unspecified atom stereocenters. The predicted molar refractivity (Wildman–Crippen MR) is 170 cm³/mol. The number of hydrogen-bond donors (Lipinski definition) is 2. The van der Waals surface area contributed by atoms with Gasteiger partial charge in [0.2, 0.25) is 0 Å². The molecule has 3 aromatic rings. The standard InChI is InChI=1S/C33H45O9PSi/c1-4-44(5-2,6-3)42-32-31(39-24-28-20-14-9-15-21-28)30(38-23-27-18-12-8-13-19-27)29(40-33(32)41-43(34,35)36)25-37-22-26-16-10-7-11-17-26/h7-21,29-33H,4-6,22-25H2,1-3H3,(H2,34,35,36)/t29-,30-,31+,32-,33-/m1/s1. The number of rotatable bonds is 17. The first-order chi connectivity index (χ1) is 21.3. The number of phosphoric ester groups is 1. The number of phosphoric acid groups is 1. The molecule has 1 fully saturated rings. The second-order valence-electron chi connectivity index (χ2n) is 11.0. The zero-order valence-corrected chi connectivity index (χ0v) is 27.6. The second kappa shape index (κ2) is 16.9. The lowest BCUT2D eigenvalue weighted by Crippen LogP contribution is -2.63. The molecule has 3 aromatic carbocycles. The molecule has 2 N–H and O–H groups in total. The highest BCUT2D eigenvalue weighted by atomic mass is 31.2. The van der Waals surface area contributed by atoms with Gasteiger partial charge in [0, 0.05) is 0 Å². The van der Waals surface area contributed by atoms with Crippen molar-refractivity contribution < 1.29 is 42.2 Å². The van der Waals surface area contributed by atoms with Gasteiger partial charge in [0.1, 0.15) is 24.4 Å². The average molecular weight is 645 g/mol. The molecule has 11 heteroatoms. The summed E-state index contributed by atoms with van der Waals surface area (Å²) in [7, 11) is -7.34. The Hall–Kier alpha value is -2.21. The normalized spacial score (nSPS) is 22.6. The van der Waals surface area contributed by atoms with E-state index in [-0.39, 0.29) is 19.8 Å². The Morgan fingerprint density at radius 1 is 0.682 bits per heavy atom. The summed E-state index contributed by atoms with van der Waals surface area (Å²) in [5.74, 6) is 0. The molecule has 4 rings (SSSR count). The second-order valence-corrected chi connectivity index (χ2v) is 16.9. The van der Waals surface area contributed by atoms with Crippen LogP contribution in [-0.4, -0.2) is 55.4 Å². The van der Waals surface area contributed by atoms with Crippen LogP contribution in [0.15, 0.2) is 91.0 Å². The van der Waals surface area contributed by atoms with Gasteiger partial charge in [-0.05, 0) is 34.8 Å².